The molecular formula is C13H11ClN4S. The zero-order chi connectivity index (χ0) is 13.2. The van der Waals surface area contributed by atoms with E-state index in [1.807, 2.05) is 42.3 Å². The van der Waals surface area contributed by atoms with Crippen LogP contribution in [-0.2, 0) is 0 Å². The van der Waals surface area contributed by atoms with Crippen molar-refractivity contribution >= 4 is 40.9 Å². The number of aliphatic imine (C=N–C) groups is 1. The number of hydrogen-bond acceptors (Lipinski definition) is 5. The maximum absolute atomic E-state index is 6.00. The van der Waals surface area contributed by atoms with Crippen molar-refractivity contribution in [2.45, 2.75) is 4.90 Å². The summed E-state index contributed by atoms with van der Waals surface area (Å²) >= 11 is 7.53. The average Bonchev–Trinajstić information content (AvgIpc) is 2.46. The Morgan fingerprint density at radius 3 is 3.00 bits per heavy atom. The summed E-state index contributed by atoms with van der Waals surface area (Å²) in [4.78, 5) is 11.7. The third-order valence-electron chi connectivity index (χ3n) is 2.75. The van der Waals surface area contributed by atoms with Crippen LogP contribution in [0.5, 0.6) is 0 Å². The molecule has 0 saturated carbocycles. The van der Waals surface area contributed by atoms with E-state index in [1.165, 1.54) is 11.9 Å². The van der Waals surface area contributed by atoms with Crippen molar-refractivity contribution in [3.05, 3.63) is 47.7 Å². The Bertz CT molecular complexity index is 630. The van der Waals surface area contributed by atoms with Gasteiger partial charge in [0.25, 0.3) is 0 Å². The quantitative estimate of drug-likeness (QED) is 0.817. The van der Waals surface area contributed by atoms with Gasteiger partial charge in [0.1, 0.15) is 0 Å². The van der Waals surface area contributed by atoms with Crippen molar-refractivity contribution in [2.24, 2.45) is 4.99 Å². The fourth-order valence-electron chi connectivity index (χ4n) is 1.72. The fourth-order valence-corrected chi connectivity index (χ4v) is 2.62. The molecule has 1 aromatic heterocycles. The molecule has 1 aliphatic rings. The molecule has 1 aromatic carbocycles. The number of halogens is 1. The molecule has 6 heteroatoms. The summed E-state index contributed by atoms with van der Waals surface area (Å²) in [6.45, 7) is 0. The molecule has 0 amide bonds. The van der Waals surface area contributed by atoms with Crippen LogP contribution in [-0.4, -0.2) is 18.0 Å². The molecule has 96 valence electrons. The summed E-state index contributed by atoms with van der Waals surface area (Å²) < 4.78 is 3.21. The molecule has 0 spiro atoms. The predicted octanol–water partition coefficient (Wildman–Crippen LogP) is 3.47. The Morgan fingerprint density at radius 1 is 1.32 bits per heavy atom. The second-order valence-corrected chi connectivity index (χ2v) is 5.31. The van der Waals surface area contributed by atoms with Crippen LogP contribution >= 0.6 is 23.5 Å². The molecular weight excluding hydrogens is 280 g/mol. The summed E-state index contributed by atoms with van der Waals surface area (Å²) in [6.07, 6.45) is 3.54. The molecule has 1 aliphatic heterocycles. The van der Waals surface area contributed by atoms with Crippen LogP contribution in [0.4, 0.5) is 11.4 Å². The number of rotatable bonds is 1. The van der Waals surface area contributed by atoms with E-state index in [2.05, 4.69) is 14.7 Å². The van der Waals surface area contributed by atoms with Crippen molar-refractivity contribution in [3.63, 3.8) is 0 Å². The highest BCUT2D eigenvalue weighted by Gasteiger charge is 2.16. The first-order valence-corrected chi connectivity index (χ1v) is 6.88. The Balaban J connectivity index is 1.95. The van der Waals surface area contributed by atoms with E-state index < -0.39 is 0 Å². The lowest BCUT2D eigenvalue weighted by atomic mass is 10.3. The normalized spacial score (nSPS) is 13.3. The first kappa shape index (κ1) is 12.3. The van der Waals surface area contributed by atoms with Gasteiger partial charge in [0.2, 0.25) is 5.96 Å². The van der Waals surface area contributed by atoms with Gasteiger partial charge in [0, 0.05) is 18.3 Å². The summed E-state index contributed by atoms with van der Waals surface area (Å²) in [6, 6.07) is 9.56. The van der Waals surface area contributed by atoms with Crippen LogP contribution < -0.4 is 9.62 Å². The van der Waals surface area contributed by atoms with E-state index in [-0.39, 0.29) is 0 Å². The van der Waals surface area contributed by atoms with Crippen molar-refractivity contribution in [3.8, 4) is 0 Å². The number of benzene rings is 1. The zero-order valence-corrected chi connectivity index (χ0v) is 11.7. The molecule has 0 saturated heterocycles. The number of aromatic nitrogens is 1. The number of anilines is 1. The van der Waals surface area contributed by atoms with Gasteiger partial charge in [-0.05, 0) is 42.3 Å². The van der Waals surface area contributed by atoms with Crippen molar-refractivity contribution < 1.29 is 0 Å². The SMILES string of the molecule is CN(C1=Nc2cc(Cl)ccc2SN1)c1cccnc1. The molecule has 0 radical (unpaired) electrons. The van der Waals surface area contributed by atoms with Gasteiger partial charge < -0.3 is 4.90 Å². The number of fused-ring (bicyclic) bond motifs is 1. The van der Waals surface area contributed by atoms with Crippen LogP contribution in [0.25, 0.3) is 0 Å². The minimum absolute atomic E-state index is 0.688. The lowest BCUT2D eigenvalue weighted by molar-refractivity contribution is 1.14. The van der Waals surface area contributed by atoms with Gasteiger partial charge in [-0.25, -0.2) is 4.99 Å². The van der Waals surface area contributed by atoms with Gasteiger partial charge in [-0.2, -0.15) is 0 Å². The first-order chi connectivity index (χ1) is 9.24. The van der Waals surface area contributed by atoms with Crippen LogP contribution in [0.1, 0.15) is 0 Å². The van der Waals surface area contributed by atoms with Crippen molar-refractivity contribution in [1.29, 1.82) is 0 Å². The van der Waals surface area contributed by atoms with E-state index in [9.17, 15) is 0 Å². The molecule has 3 rings (SSSR count). The van der Waals surface area contributed by atoms with Gasteiger partial charge in [0.05, 0.1) is 22.5 Å². The van der Waals surface area contributed by atoms with E-state index >= 15 is 0 Å². The molecule has 0 unspecified atom stereocenters. The Labute approximate surface area is 120 Å². The monoisotopic (exact) mass is 290 g/mol. The standard InChI is InChI=1S/C13H11ClN4S/c1-18(10-3-2-6-15-8-10)13-16-11-7-9(14)4-5-12(11)19-17-13/h2-8H,1H3,(H,16,17). The highest BCUT2D eigenvalue weighted by Crippen LogP contribution is 2.34. The molecule has 0 atom stereocenters. The molecule has 2 aromatic rings. The molecule has 0 aliphatic carbocycles. The first-order valence-electron chi connectivity index (χ1n) is 5.69. The Kier molecular flexibility index (Phi) is 3.31. The Morgan fingerprint density at radius 2 is 2.21 bits per heavy atom. The minimum Gasteiger partial charge on any atom is -0.313 e. The zero-order valence-electron chi connectivity index (χ0n) is 10.2. The number of pyridine rings is 1. The number of hydrogen-bond donors (Lipinski definition) is 1. The van der Waals surface area contributed by atoms with E-state index in [4.69, 9.17) is 11.6 Å². The van der Waals surface area contributed by atoms with Crippen LogP contribution in [0.3, 0.4) is 0 Å². The van der Waals surface area contributed by atoms with Gasteiger partial charge in [-0.15, -0.1) is 0 Å². The van der Waals surface area contributed by atoms with Gasteiger partial charge in [0.15, 0.2) is 0 Å². The fraction of sp³-hybridized carbons (Fsp3) is 0.0769. The van der Waals surface area contributed by atoms with E-state index in [1.54, 1.807) is 12.4 Å². The number of nitrogens with one attached hydrogen (secondary N) is 1. The summed E-state index contributed by atoms with van der Waals surface area (Å²) in [7, 11) is 1.94. The third kappa shape index (κ3) is 2.52. The highest BCUT2D eigenvalue weighted by molar-refractivity contribution is 7.98. The predicted molar refractivity (Wildman–Crippen MR) is 80.2 cm³/mol. The van der Waals surface area contributed by atoms with Gasteiger partial charge in [-0.3, -0.25) is 9.71 Å². The maximum atomic E-state index is 6.00. The number of guanidine groups is 1. The molecule has 19 heavy (non-hydrogen) atoms. The number of nitrogens with zero attached hydrogens (tertiary/aromatic N) is 3. The largest absolute Gasteiger partial charge is 0.313 e. The lowest BCUT2D eigenvalue weighted by Gasteiger charge is -2.24. The van der Waals surface area contributed by atoms with Crippen LogP contribution in [0.2, 0.25) is 5.02 Å². The Hall–Kier alpha value is -1.72. The second kappa shape index (κ2) is 5.11. The minimum atomic E-state index is 0.688. The van der Waals surface area contributed by atoms with E-state index in [0.717, 1.165) is 22.2 Å². The van der Waals surface area contributed by atoms with Gasteiger partial charge in [-0.1, -0.05) is 11.6 Å². The van der Waals surface area contributed by atoms with E-state index in [0.29, 0.717) is 5.02 Å². The molecule has 0 fully saturated rings. The smallest absolute Gasteiger partial charge is 0.214 e. The highest BCUT2D eigenvalue weighted by atomic mass is 35.5. The molecule has 0 bridgehead atoms. The average molecular weight is 291 g/mol. The van der Waals surface area contributed by atoms with Crippen LogP contribution in [0.15, 0.2) is 52.6 Å². The maximum Gasteiger partial charge on any atom is 0.214 e. The summed E-state index contributed by atoms with van der Waals surface area (Å²) in [5.41, 5.74) is 1.85. The van der Waals surface area contributed by atoms with Crippen LogP contribution in [0, 0.1) is 0 Å². The molecule has 4 nitrogen and oxygen atoms in total. The third-order valence-corrected chi connectivity index (χ3v) is 3.84. The van der Waals surface area contributed by atoms with Crippen molar-refractivity contribution in [2.75, 3.05) is 11.9 Å². The summed E-state index contributed by atoms with van der Waals surface area (Å²) in [5.74, 6) is 0.757. The van der Waals surface area contributed by atoms with Crippen molar-refractivity contribution in [1.82, 2.24) is 9.71 Å². The topological polar surface area (TPSA) is 40.5 Å². The summed E-state index contributed by atoms with van der Waals surface area (Å²) in [5, 5.41) is 0.688. The molecule has 1 N–H and O–H groups in total. The lowest BCUT2D eigenvalue weighted by Crippen LogP contribution is -2.36. The second-order valence-electron chi connectivity index (χ2n) is 4.02. The molecule has 2 heterocycles. The van der Waals surface area contributed by atoms with Gasteiger partial charge >= 0.3 is 0 Å².